The number of anilines is 1. The molecule has 98 valence electrons. The molecule has 1 atom stereocenters. The lowest BCUT2D eigenvalue weighted by molar-refractivity contribution is 0.0696. The highest BCUT2D eigenvalue weighted by molar-refractivity contribution is 5.92. The predicted octanol–water partition coefficient (Wildman–Crippen LogP) is 0.624. The topological polar surface area (TPSA) is 69.6 Å². The van der Waals surface area contributed by atoms with Gasteiger partial charge in [-0.1, -0.05) is 0 Å². The maximum atomic E-state index is 11.2. The molecule has 0 amide bonds. The van der Waals surface area contributed by atoms with Crippen molar-refractivity contribution in [3.8, 4) is 0 Å². The molecule has 0 aromatic carbocycles. The lowest BCUT2D eigenvalue weighted by Crippen LogP contribution is -2.35. The van der Waals surface area contributed by atoms with Crippen LogP contribution in [0.4, 0.5) is 5.82 Å². The van der Waals surface area contributed by atoms with Crippen LogP contribution in [0.1, 0.15) is 22.6 Å². The van der Waals surface area contributed by atoms with Crippen molar-refractivity contribution in [1.29, 1.82) is 0 Å². The first-order valence-electron chi connectivity index (χ1n) is 5.97. The molecule has 1 saturated heterocycles. The number of hydrogen-bond acceptors (Lipinski definition) is 5. The van der Waals surface area contributed by atoms with Gasteiger partial charge in [0.15, 0.2) is 0 Å². The van der Waals surface area contributed by atoms with Crippen LogP contribution in [0.3, 0.4) is 0 Å². The molecule has 6 nitrogen and oxygen atoms in total. The van der Waals surface area contributed by atoms with Gasteiger partial charge < -0.3 is 14.9 Å². The molecular formula is C12H18N4O2. The maximum absolute atomic E-state index is 11.2. The number of aryl methyl sites for hydroxylation is 1. The van der Waals surface area contributed by atoms with E-state index in [0.29, 0.717) is 17.7 Å². The SMILES string of the molecule is Cc1ncc(C(=O)O)c(N(C)C2CCN(C)C2)n1. The van der Waals surface area contributed by atoms with Crippen molar-refractivity contribution in [3.63, 3.8) is 0 Å². The normalized spacial score (nSPS) is 20.1. The summed E-state index contributed by atoms with van der Waals surface area (Å²) in [6.07, 6.45) is 2.41. The van der Waals surface area contributed by atoms with Gasteiger partial charge in [-0.25, -0.2) is 14.8 Å². The number of carbonyl (C=O) groups is 1. The van der Waals surface area contributed by atoms with E-state index < -0.39 is 5.97 Å². The summed E-state index contributed by atoms with van der Waals surface area (Å²) in [5.74, 6) is 0.117. The standard InChI is InChI=1S/C12H18N4O2/c1-8-13-6-10(12(17)18)11(14-8)16(3)9-4-5-15(2)7-9/h6,9H,4-5,7H2,1-3H3,(H,17,18). The number of hydrogen-bond donors (Lipinski definition) is 1. The highest BCUT2D eigenvalue weighted by Crippen LogP contribution is 2.22. The van der Waals surface area contributed by atoms with Gasteiger partial charge in [0, 0.05) is 25.8 Å². The van der Waals surface area contributed by atoms with Crippen LogP contribution in [0.2, 0.25) is 0 Å². The summed E-state index contributed by atoms with van der Waals surface area (Å²) >= 11 is 0. The number of aromatic carboxylic acids is 1. The molecule has 2 heterocycles. The minimum atomic E-state index is -0.983. The summed E-state index contributed by atoms with van der Waals surface area (Å²) in [4.78, 5) is 23.6. The molecular weight excluding hydrogens is 232 g/mol. The zero-order chi connectivity index (χ0) is 13.3. The molecule has 18 heavy (non-hydrogen) atoms. The van der Waals surface area contributed by atoms with Crippen LogP contribution in [0, 0.1) is 6.92 Å². The second-order valence-electron chi connectivity index (χ2n) is 4.78. The average Bonchev–Trinajstić information content (AvgIpc) is 2.74. The zero-order valence-electron chi connectivity index (χ0n) is 10.9. The van der Waals surface area contributed by atoms with Crippen molar-refractivity contribution in [3.05, 3.63) is 17.6 Å². The van der Waals surface area contributed by atoms with Gasteiger partial charge in [0.25, 0.3) is 0 Å². The molecule has 1 unspecified atom stereocenters. The number of likely N-dealkylation sites (tertiary alicyclic amines) is 1. The first-order valence-corrected chi connectivity index (χ1v) is 5.97. The van der Waals surface area contributed by atoms with Gasteiger partial charge in [0.2, 0.25) is 0 Å². The molecule has 1 N–H and O–H groups in total. The fourth-order valence-electron chi connectivity index (χ4n) is 2.28. The highest BCUT2D eigenvalue weighted by atomic mass is 16.4. The molecule has 1 aliphatic heterocycles. The largest absolute Gasteiger partial charge is 0.477 e. The Morgan fingerprint density at radius 3 is 2.89 bits per heavy atom. The third-order valence-corrected chi connectivity index (χ3v) is 3.37. The van der Waals surface area contributed by atoms with E-state index in [0.717, 1.165) is 19.5 Å². The second-order valence-corrected chi connectivity index (χ2v) is 4.78. The minimum absolute atomic E-state index is 0.164. The number of aromatic nitrogens is 2. The molecule has 1 aromatic heterocycles. The van der Waals surface area contributed by atoms with Crippen LogP contribution in [0.5, 0.6) is 0 Å². The smallest absolute Gasteiger partial charge is 0.341 e. The first kappa shape index (κ1) is 12.8. The molecule has 1 aliphatic rings. The summed E-state index contributed by atoms with van der Waals surface area (Å²) in [6.45, 7) is 3.73. The quantitative estimate of drug-likeness (QED) is 0.848. The van der Waals surface area contributed by atoms with Crippen molar-refractivity contribution < 1.29 is 9.90 Å². The summed E-state index contributed by atoms with van der Waals surface area (Å²) < 4.78 is 0. The van der Waals surface area contributed by atoms with Gasteiger partial charge in [-0.05, 0) is 26.9 Å². The van der Waals surface area contributed by atoms with Crippen LogP contribution in [0.15, 0.2) is 6.20 Å². The predicted molar refractivity (Wildman–Crippen MR) is 68.0 cm³/mol. The van der Waals surface area contributed by atoms with Gasteiger partial charge in [-0.15, -0.1) is 0 Å². The van der Waals surface area contributed by atoms with Crippen LogP contribution in [0.25, 0.3) is 0 Å². The zero-order valence-corrected chi connectivity index (χ0v) is 10.9. The molecule has 0 bridgehead atoms. The highest BCUT2D eigenvalue weighted by Gasteiger charge is 2.27. The number of carboxylic acid groups (broad SMARTS) is 1. The molecule has 0 spiro atoms. The van der Waals surface area contributed by atoms with E-state index in [2.05, 4.69) is 21.9 Å². The van der Waals surface area contributed by atoms with Crippen molar-refractivity contribution in [1.82, 2.24) is 14.9 Å². The fraction of sp³-hybridized carbons (Fsp3) is 0.583. The number of rotatable bonds is 3. The fourth-order valence-corrected chi connectivity index (χ4v) is 2.28. The first-order chi connectivity index (χ1) is 8.49. The third kappa shape index (κ3) is 2.43. The molecule has 0 aliphatic carbocycles. The van der Waals surface area contributed by atoms with E-state index in [1.807, 2.05) is 11.9 Å². The van der Waals surface area contributed by atoms with Crippen LogP contribution in [-0.4, -0.2) is 59.2 Å². The van der Waals surface area contributed by atoms with E-state index >= 15 is 0 Å². The van der Waals surface area contributed by atoms with E-state index in [1.165, 1.54) is 6.20 Å². The third-order valence-electron chi connectivity index (χ3n) is 3.37. The number of nitrogens with zero attached hydrogens (tertiary/aromatic N) is 4. The number of likely N-dealkylation sites (N-methyl/N-ethyl adjacent to an activating group) is 2. The van der Waals surface area contributed by atoms with Crippen molar-refractivity contribution in [2.75, 3.05) is 32.1 Å². The Bertz CT molecular complexity index is 463. The summed E-state index contributed by atoms with van der Waals surface area (Å²) in [5, 5.41) is 9.18. The Hall–Kier alpha value is -1.69. The van der Waals surface area contributed by atoms with Crippen LogP contribution < -0.4 is 4.90 Å². The lowest BCUT2D eigenvalue weighted by atomic mass is 10.2. The molecule has 0 radical (unpaired) electrons. The molecule has 1 aromatic rings. The minimum Gasteiger partial charge on any atom is -0.477 e. The molecule has 6 heteroatoms. The second kappa shape index (κ2) is 4.89. The van der Waals surface area contributed by atoms with E-state index in [-0.39, 0.29) is 5.56 Å². The van der Waals surface area contributed by atoms with Gasteiger partial charge in [-0.2, -0.15) is 0 Å². The van der Waals surface area contributed by atoms with Crippen molar-refractivity contribution in [2.24, 2.45) is 0 Å². The van der Waals surface area contributed by atoms with Gasteiger partial charge in [0.1, 0.15) is 17.2 Å². The summed E-state index contributed by atoms with van der Waals surface area (Å²) in [7, 11) is 3.97. The summed E-state index contributed by atoms with van der Waals surface area (Å²) in [6, 6.07) is 0.308. The van der Waals surface area contributed by atoms with Crippen LogP contribution in [-0.2, 0) is 0 Å². The molecule has 0 saturated carbocycles. The van der Waals surface area contributed by atoms with Crippen LogP contribution >= 0.6 is 0 Å². The van der Waals surface area contributed by atoms with E-state index in [4.69, 9.17) is 0 Å². The lowest BCUT2D eigenvalue weighted by Gasteiger charge is -2.26. The van der Waals surface area contributed by atoms with Gasteiger partial charge in [-0.3, -0.25) is 0 Å². The van der Waals surface area contributed by atoms with Gasteiger partial charge >= 0.3 is 5.97 Å². The van der Waals surface area contributed by atoms with E-state index in [9.17, 15) is 9.90 Å². The molecule has 2 rings (SSSR count). The molecule has 1 fully saturated rings. The monoisotopic (exact) mass is 250 g/mol. The Kier molecular flexibility index (Phi) is 3.47. The maximum Gasteiger partial charge on any atom is 0.341 e. The Labute approximate surface area is 106 Å². The Morgan fingerprint density at radius 1 is 1.61 bits per heavy atom. The average molecular weight is 250 g/mol. The van der Waals surface area contributed by atoms with Crippen molar-refractivity contribution in [2.45, 2.75) is 19.4 Å². The van der Waals surface area contributed by atoms with Crippen molar-refractivity contribution >= 4 is 11.8 Å². The van der Waals surface area contributed by atoms with Gasteiger partial charge in [0.05, 0.1) is 0 Å². The van der Waals surface area contributed by atoms with E-state index in [1.54, 1.807) is 6.92 Å². The Balaban J connectivity index is 2.31. The Morgan fingerprint density at radius 2 is 2.33 bits per heavy atom. The number of carboxylic acids is 1. The summed E-state index contributed by atoms with van der Waals surface area (Å²) in [5.41, 5.74) is 0.164.